The van der Waals surface area contributed by atoms with Gasteiger partial charge in [0.2, 0.25) is 16.0 Å². The Morgan fingerprint density at radius 3 is 2.43 bits per heavy atom. The van der Waals surface area contributed by atoms with Gasteiger partial charge in [-0.2, -0.15) is 31.3 Å². The number of rotatable bonds is 8. The number of sulfonamides is 1. The molecule has 0 radical (unpaired) electrons. The second-order valence-corrected chi connectivity index (χ2v) is 11.9. The monoisotopic (exact) mass is 625 g/mol. The van der Waals surface area contributed by atoms with Crippen LogP contribution in [0.4, 0.5) is 42.5 Å². The number of piperidine rings is 1. The van der Waals surface area contributed by atoms with Crippen molar-refractivity contribution in [3.8, 4) is 11.1 Å². The molecule has 0 aromatic carbocycles. The summed E-state index contributed by atoms with van der Waals surface area (Å²) < 4.78 is 120. The minimum absolute atomic E-state index is 0.119. The Balaban J connectivity index is 1.75. The molecule has 18 heteroatoms. The highest BCUT2D eigenvalue weighted by atomic mass is 32.2. The lowest BCUT2D eigenvalue weighted by Crippen LogP contribution is -2.44. The minimum Gasteiger partial charge on any atom is -0.350 e. The fourth-order valence-electron chi connectivity index (χ4n) is 4.42. The van der Waals surface area contributed by atoms with E-state index in [1.54, 1.807) is 13.8 Å². The van der Waals surface area contributed by atoms with Crippen molar-refractivity contribution < 1.29 is 39.2 Å². The standard InChI is InChI=1S/C24H26F7N7O3S/c1-12(2)38-20-14(9-34-22(36-20)35-16-7-15(25)10-32-11-16)5-17(21(38)39)13-6-18(24(29,30)31)19(33-8-13)37-42(40,41)4-3-23(26,27)28/h5-6,8-9,12,15-16,32H,3-4,7,10-11H2,1-2H3,(H,33,37)(H,34,35,36)/t15-,16-/m0/s1. The first-order valence-electron chi connectivity index (χ1n) is 12.6. The summed E-state index contributed by atoms with van der Waals surface area (Å²) in [7, 11) is -4.85. The number of alkyl halides is 7. The van der Waals surface area contributed by atoms with Gasteiger partial charge < -0.3 is 10.6 Å². The molecule has 3 aromatic rings. The number of halogens is 7. The Hall–Kier alpha value is -3.54. The zero-order chi connectivity index (χ0) is 31.0. The maximum absolute atomic E-state index is 13.9. The molecule has 3 N–H and O–H groups in total. The van der Waals surface area contributed by atoms with Crippen LogP contribution in [-0.2, 0) is 16.2 Å². The van der Waals surface area contributed by atoms with E-state index in [1.165, 1.54) is 21.6 Å². The van der Waals surface area contributed by atoms with Crippen molar-refractivity contribution in [3.63, 3.8) is 0 Å². The lowest BCUT2D eigenvalue weighted by Gasteiger charge is -2.26. The molecule has 1 aliphatic rings. The lowest BCUT2D eigenvalue weighted by molar-refractivity contribution is -0.137. The average molecular weight is 626 g/mol. The highest BCUT2D eigenvalue weighted by molar-refractivity contribution is 7.92. The molecule has 1 aliphatic heterocycles. The fraction of sp³-hybridized carbons (Fsp3) is 0.500. The SMILES string of the molecule is CC(C)n1c(=O)c(-c2cnc(NS(=O)(=O)CCC(F)(F)F)c(C(F)(F)F)c2)cc2cnc(N[C@@H]3CNC[C@@H](F)C3)nc21. The first-order chi connectivity index (χ1) is 19.4. The van der Waals surface area contributed by atoms with Crippen LogP contribution >= 0.6 is 0 Å². The summed E-state index contributed by atoms with van der Waals surface area (Å²) in [5.74, 6) is -2.62. The molecule has 4 heterocycles. The topological polar surface area (TPSA) is 131 Å². The number of nitrogens with one attached hydrogen (secondary N) is 3. The third-order valence-electron chi connectivity index (χ3n) is 6.33. The molecule has 10 nitrogen and oxygen atoms in total. The first kappa shape index (κ1) is 31.4. The molecule has 42 heavy (non-hydrogen) atoms. The Kier molecular flexibility index (Phi) is 8.69. The number of nitrogens with zero attached hydrogens (tertiary/aromatic N) is 4. The molecule has 3 aromatic heterocycles. The van der Waals surface area contributed by atoms with Gasteiger partial charge in [-0.05, 0) is 26.0 Å². The van der Waals surface area contributed by atoms with E-state index >= 15 is 0 Å². The molecule has 1 fully saturated rings. The van der Waals surface area contributed by atoms with Crippen LogP contribution < -0.4 is 20.9 Å². The van der Waals surface area contributed by atoms with Crippen LogP contribution in [-0.4, -0.2) is 65.2 Å². The second-order valence-electron chi connectivity index (χ2n) is 10.0. The summed E-state index contributed by atoms with van der Waals surface area (Å²) in [6.07, 6.45) is -10.5. The van der Waals surface area contributed by atoms with Gasteiger partial charge in [-0.15, -0.1) is 0 Å². The largest absolute Gasteiger partial charge is 0.420 e. The molecule has 2 atom stereocenters. The third kappa shape index (κ3) is 7.45. The average Bonchev–Trinajstić information content (AvgIpc) is 2.86. The zero-order valence-electron chi connectivity index (χ0n) is 22.1. The van der Waals surface area contributed by atoms with Gasteiger partial charge in [-0.1, -0.05) is 0 Å². The first-order valence-corrected chi connectivity index (χ1v) is 14.3. The number of pyridine rings is 2. The molecule has 0 amide bonds. The predicted molar refractivity (Wildman–Crippen MR) is 140 cm³/mol. The number of hydrogen-bond acceptors (Lipinski definition) is 8. The molecular weight excluding hydrogens is 599 g/mol. The number of aromatic nitrogens is 4. The molecule has 1 saturated heterocycles. The minimum atomic E-state index is -5.19. The van der Waals surface area contributed by atoms with E-state index in [0.29, 0.717) is 12.6 Å². The Morgan fingerprint density at radius 2 is 1.81 bits per heavy atom. The molecule has 4 rings (SSSR count). The second kappa shape index (κ2) is 11.6. The third-order valence-corrected chi connectivity index (χ3v) is 7.58. The molecule has 0 aliphatic carbocycles. The molecular formula is C24H26F7N7O3S. The van der Waals surface area contributed by atoms with Gasteiger partial charge in [0.25, 0.3) is 5.56 Å². The summed E-state index contributed by atoms with van der Waals surface area (Å²) in [4.78, 5) is 25.6. The van der Waals surface area contributed by atoms with Gasteiger partial charge in [-0.3, -0.25) is 14.1 Å². The summed E-state index contributed by atoms with van der Waals surface area (Å²) in [5.41, 5.74) is -2.74. The van der Waals surface area contributed by atoms with Crippen LogP contribution in [0.25, 0.3) is 22.2 Å². The molecule has 0 spiro atoms. The van der Waals surface area contributed by atoms with E-state index in [4.69, 9.17) is 0 Å². The molecule has 230 valence electrons. The maximum atomic E-state index is 13.9. The smallest absolute Gasteiger partial charge is 0.350 e. The van der Waals surface area contributed by atoms with E-state index in [-0.39, 0.29) is 47.1 Å². The maximum Gasteiger partial charge on any atom is 0.420 e. The van der Waals surface area contributed by atoms with Crippen LogP contribution in [0.1, 0.15) is 38.3 Å². The van der Waals surface area contributed by atoms with E-state index in [0.717, 1.165) is 6.20 Å². The van der Waals surface area contributed by atoms with Gasteiger partial charge in [0.15, 0.2) is 5.82 Å². The predicted octanol–water partition coefficient (Wildman–Crippen LogP) is 4.26. The van der Waals surface area contributed by atoms with E-state index < -0.39 is 63.7 Å². The van der Waals surface area contributed by atoms with Gasteiger partial charge >= 0.3 is 12.4 Å². The van der Waals surface area contributed by atoms with Crippen molar-refractivity contribution in [2.24, 2.45) is 0 Å². The Bertz CT molecular complexity index is 1630. The van der Waals surface area contributed by atoms with Crippen LogP contribution in [0, 0.1) is 0 Å². The van der Waals surface area contributed by atoms with Gasteiger partial charge in [0.1, 0.15) is 11.8 Å². The van der Waals surface area contributed by atoms with Gasteiger partial charge in [0, 0.05) is 60.5 Å². The number of fused-ring (bicyclic) bond motifs is 1. The van der Waals surface area contributed by atoms with Gasteiger partial charge in [0.05, 0.1) is 17.7 Å². The van der Waals surface area contributed by atoms with E-state index in [2.05, 4.69) is 25.6 Å². The summed E-state index contributed by atoms with van der Waals surface area (Å²) in [5, 5.41) is 6.22. The Morgan fingerprint density at radius 1 is 1.10 bits per heavy atom. The molecule has 0 unspecified atom stereocenters. The zero-order valence-corrected chi connectivity index (χ0v) is 23.0. The van der Waals surface area contributed by atoms with E-state index in [9.17, 15) is 43.9 Å². The van der Waals surface area contributed by atoms with Crippen LogP contribution in [0.3, 0.4) is 0 Å². The summed E-state index contributed by atoms with van der Waals surface area (Å²) in [6, 6.07) is 0.900. The van der Waals surface area contributed by atoms with E-state index in [1.807, 2.05) is 0 Å². The fourth-order valence-corrected chi connectivity index (χ4v) is 5.48. The summed E-state index contributed by atoms with van der Waals surface area (Å²) >= 11 is 0. The highest BCUT2D eigenvalue weighted by Crippen LogP contribution is 2.37. The van der Waals surface area contributed by atoms with Crippen molar-refractivity contribution in [2.75, 3.05) is 28.9 Å². The van der Waals surface area contributed by atoms with Crippen molar-refractivity contribution in [3.05, 3.63) is 40.4 Å². The number of hydrogen-bond donors (Lipinski definition) is 3. The molecule has 0 bridgehead atoms. The lowest BCUT2D eigenvalue weighted by atomic mass is 10.0. The Labute approximate surface area is 234 Å². The van der Waals surface area contributed by atoms with Gasteiger partial charge in [-0.25, -0.2) is 22.8 Å². The van der Waals surface area contributed by atoms with Crippen molar-refractivity contribution in [1.29, 1.82) is 0 Å². The number of anilines is 2. The van der Waals surface area contributed by atoms with Crippen LogP contribution in [0.2, 0.25) is 0 Å². The van der Waals surface area contributed by atoms with Crippen molar-refractivity contribution >= 4 is 32.8 Å². The normalized spacial score (nSPS) is 18.4. The summed E-state index contributed by atoms with van der Waals surface area (Å²) in [6.45, 7) is 3.98. The van der Waals surface area contributed by atoms with Crippen molar-refractivity contribution in [1.82, 2.24) is 24.8 Å². The quantitative estimate of drug-likeness (QED) is 0.317. The van der Waals surface area contributed by atoms with Crippen LogP contribution in [0.15, 0.2) is 29.3 Å². The molecule has 0 saturated carbocycles. The highest BCUT2D eigenvalue weighted by Gasteiger charge is 2.37. The van der Waals surface area contributed by atoms with Crippen LogP contribution in [0.5, 0.6) is 0 Å². The van der Waals surface area contributed by atoms with Crippen molar-refractivity contribution in [2.45, 2.75) is 57.3 Å².